The van der Waals surface area contributed by atoms with Crippen molar-refractivity contribution in [1.82, 2.24) is 20.6 Å². The van der Waals surface area contributed by atoms with Crippen molar-refractivity contribution in [3.63, 3.8) is 0 Å². The monoisotopic (exact) mass is 365 g/mol. The fraction of sp³-hybridized carbons (Fsp3) is 0.471. The van der Waals surface area contributed by atoms with E-state index in [1.54, 1.807) is 24.6 Å². The molecule has 2 heterocycles. The average Bonchev–Trinajstić information content (AvgIpc) is 2.95. The van der Waals surface area contributed by atoms with Crippen molar-refractivity contribution in [2.45, 2.75) is 33.1 Å². The summed E-state index contributed by atoms with van der Waals surface area (Å²) in [6, 6.07) is 3.80. The van der Waals surface area contributed by atoms with Gasteiger partial charge in [0.05, 0.1) is 10.7 Å². The Kier molecular flexibility index (Phi) is 7.46. The van der Waals surface area contributed by atoms with E-state index < -0.39 is 0 Å². The number of nitrogens with one attached hydrogen (secondary N) is 2. The third-order valence-corrected chi connectivity index (χ3v) is 4.92. The highest BCUT2D eigenvalue weighted by molar-refractivity contribution is 7.11. The Bertz CT molecular complexity index is 666. The lowest BCUT2D eigenvalue weighted by Crippen LogP contribution is -2.39. The van der Waals surface area contributed by atoms with Crippen LogP contribution in [0.15, 0.2) is 23.3 Å². The van der Waals surface area contributed by atoms with E-state index in [0.29, 0.717) is 5.15 Å². The van der Waals surface area contributed by atoms with Gasteiger partial charge in [-0.2, -0.15) is 0 Å². The van der Waals surface area contributed by atoms with Crippen molar-refractivity contribution in [3.8, 4) is 0 Å². The number of rotatable bonds is 7. The van der Waals surface area contributed by atoms with Crippen LogP contribution in [0.3, 0.4) is 0 Å². The average molecular weight is 366 g/mol. The Hall–Kier alpha value is -1.66. The minimum Gasteiger partial charge on any atom is -0.356 e. The van der Waals surface area contributed by atoms with Crippen LogP contribution in [0.5, 0.6) is 0 Å². The number of aryl methyl sites for hydroxylation is 2. The third-order valence-electron chi connectivity index (χ3n) is 3.62. The molecule has 0 bridgehead atoms. The number of nitrogens with zero attached hydrogens (tertiary/aromatic N) is 3. The fourth-order valence-electron chi connectivity index (χ4n) is 2.31. The zero-order chi connectivity index (χ0) is 17.4. The molecule has 0 unspecified atom stereocenters. The van der Waals surface area contributed by atoms with Crippen LogP contribution in [0.1, 0.15) is 28.1 Å². The molecule has 2 aromatic heterocycles. The minimum atomic E-state index is 0.521. The largest absolute Gasteiger partial charge is 0.356 e. The van der Waals surface area contributed by atoms with E-state index >= 15 is 0 Å². The molecule has 0 spiro atoms. The van der Waals surface area contributed by atoms with Gasteiger partial charge in [-0.15, -0.1) is 11.3 Å². The molecule has 0 aliphatic rings. The molecule has 0 aromatic carbocycles. The maximum absolute atomic E-state index is 5.79. The Balaban J connectivity index is 1.71. The number of aromatic nitrogens is 2. The zero-order valence-corrected chi connectivity index (χ0v) is 16.0. The summed E-state index contributed by atoms with van der Waals surface area (Å²) in [6.45, 7) is 5.89. The lowest BCUT2D eigenvalue weighted by Gasteiger charge is -2.11. The Morgan fingerprint density at radius 1 is 1.25 bits per heavy atom. The molecular formula is C17H24ClN5S. The van der Waals surface area contributed by atoms with Gasteiger partial charge in [0.15, 0.2) is 5.96 Å². The number of guanidine groups is 1. The number of thiazole rings is 1. The second-order valence-electron chi connectivity index (χ2n) is 5.38. The lowest BCUT2D eigenvalue weighted by atomic mass is 10.2. The zero-order valence-electron chi connectivity index (χ0n) is 14.4. The molecule has 5 nitrogen and oxygen atoms in total. The van der Waals surface area contributed by atoms with E-state index in [1.165, 1.54) is 15.6 Å². The van der Waals surface area contributed by atoms with Gasteiger partial charge in [-0.1, -0.05) is 24.6 Å². The molecule has 0 saturated carbocycles. The number of pyridine rings is 1. The smallest absolute Gasteiger partial charge is 0.191 e. The molecule has 24 heavy (non-hydrogen) atoms. The van der Waals surface area contributed by atoms with E-state index in [0.717, 1.165) is 43.9 Å². The predicted molar refractivity (Wildman–Crippen MR) is 102 cm³/mol. The van der Waals surface area contributed by atoms with Gasteiger partial charge < -0.3 is 10.6 Å². The summed E-state index contributed by atoms with van der Waals surface area (Å²) in [5.41, 5.74) is 2.36. The Labute approximate surface area is 152 Å². The maximum Gasteiger partial charge on any atom is 0.191 e. The molecule has 7 heteroatoms. The fourth-order valence-corrected chi connectivity index (χ4v) is 3.44. The number of hydrogen-bond acceptors (Lipinski definition) is 4. The number of aliphatic imine (C=N–C) groups is 1. The summed E-state index contributed by atoms with van der Waals surface area (Å²) in [5.74, 6) is 0.806. The van der Waals surface area contributed by atoms with Gasteiger partial charge in [-0.05, 0) is 31.4 Å². The van der Waals surface area contributed by atoms with E-state index in [1.807, 2.05) is 12.1 Å². The van der Waals surface area contributed by atoms with Crippen LogP contribution in [-0.4, -0.2) is 36.1 Å². The van der Waals surface area contributed by atoms with Gasteiger partial charge in [-0.25, -0.2) is 9.97 Å². The molecule has 130 valence electrons. The summed E-state index contributed by atoms with van der Waals surface area (Å²) < 4.78 is 0. The SMILES string of the molecule is CCc1nc(CCNC(=NC)NCCc2ccc(Cl)nc2)sc1C. The van der Waals surface area contributed by atoms with Crippen LogP contribution < -0.4 is 10.6 Å². The molecule has 2 aromatic rings. The van der Waals surface area contributed by atoms with Crippen molar-refractivity contribution in [3.05, 3.63) is 44.6 Å². The first-order valence-corrected chi connectivity index (χ1v) is 9.32. The molecule has 0 fully saturated rings. The standard InChI is InChI=1S/C17H24ClN5S/c1-4-14-12(2)24-16(23-14)8-10-21-17(19-3)20-9-7-13-5-6-15(18)22-11-13/h5-6,11H,4,7-10H2,1-3H3,(H2,19,20,21). The van der Waals surface area contributed by atoms with Crippen molar-refractivity contribution in [2.24, 2.45) is 4.99 Å². The van der Waals surface area contributed by atoms with Gasteiger partial charge in [0.2, 0.25) is 0 Å². The van der Waals surface area contributed by atoms with Crippen molar-refractivity contribution in [2.75, 3.05) is 20.1 Å². The number of halogens is 1. The highest BCUT2D eigenvalue weighted by atomic mass is 35.5. The van der Waals surface area contributed by atoms with Gasteiger partial charge >= 0.3 is 0 Å². The van der Waals surface area contributed by atoms with Crippen molar-refractivity contribution in [1.29, 1.82) is 0 Å². The maximum atomic E-state index is 5.79. The molecule has 2 rings (SSSR count). The molecule has 0 radical (unpaired) electrons. The predicted octanol–water partition coefficient (Wildman–Crippen LogP) is 3.01. The molecule has 0 saturated heterocycles. The molecule has 0 aliphatic carbocycles. The highest BCUT2D eigenvalue weighted by Gasteiger charge is 2.06. The Morgan fingerprint density at radius 2 is 2.00 bits per heavy atom. The van der Waals surface area contributed by atoms with Crippen LogP contribution in [0.25, 0.3) is 0 Å². The highest BCUT2D eigenvalue weighted by Crippen LogP contribution is 2.17. The first-order valence-electron chi connectivity index (χ1n) is 8.12. The van der Waals surface area contributed by atoms with Crippen LogP contribution in [0.2, 0.25) is 5.15 Å². The van der Waals surface area contributed by atoms with Crippen molar-refractivity contribution >= 4 is 28.9 Å². The molecular weight excluding hydrogens is 342 g/mol. The van der Waals surface area contributed by atoms with E-state index in [9.17, 15) is 0 Å². The summed E-state index contributed by atoms with van der Waals surface area (Å²) in [5, 5.41) is 8.34. The van der Waals surface area contributed by atoms with Crippen molar-refractivity contribution < 1.29 is 0 Å². The quantitative estimate of drug-likeness (QED) is 0.450. The first-order chi connectivity index (χ1) is 11.6. The van der Waals surface area contributed by atoms with E-state index in [4.69, 9.17) is 11.6 Å². The normalized spacial score (nSPS) is 11.6. The van der Waals surface area contributed by atoms with Gasteiger partial charge in [0.1, 0.15) is 5.15 Å². The minimum absolute atomic E-state index is 0.521. The molecule has 0 amide bonds. The van der Waals surface area contributed by atoms with Gasteiger partial charge in [0.25, 0.3) is 0 Å². The summed E-state index contributed by atoms with van der Waals surface area (Å²) >= 11 is 7.57. The summed E-state index contributed by atoms with van der Waals surface area (Å²) in [6.07, 6.45) is 4.58. The van der Waals surface area contributed by atoms with E-state index in [2.05, 4.69) is 39.4 Å². The van der Waals surface area contributed by atoms with Crippen LogP contribution in [0, 0.1) is 6.92 Å². The topological polar surface area (TPSA) is 62.2 Å². The third kappa shape index (κ3) is 5.76. The molecule has 0 atom stereocenters. The number of hydrogen-bond donors (Lipinski definition) is 2. The van der Waals surface area contributed by atoms with Crippen LogP contribution in [0.4, 0.5) is 0 Å². The van der Waals surface area contributed by atoms with Gasteiger partial charge in [-0.3, -0.25) is 4.99 Å². The Morgan fingerprint density at radius 3 is 2.58 bits per heavy atom. The van der Waals surface area contributed by atoms with Crippen LogP contribution >= 0.6 is 22.9 Å². The molecule has 2 N–H and O–H groups in total. The summed E-state index contributed by atoms with van der Waals surface area (Å²) in [4.78, 5) is 14.3. The molecule has 0 aliphatic heterocycles. The van der Waals surface area contributed by atoms with Gasteiger partial charge in [0, 0.05) is 37.6 Å². The van der Waals surface area contributed by atoms with Crippen LogP contribution in [-0.2, 0) is 19.3 Å². The lowest BCUT2D eigenvalue weighted by molar-refractivity contribution is 0.779. The first kappa shape index (κ1) is 18.7. The second kappa shape index (κ2) is 9.59. The second-order valence-corrected chi connectivity index (χ2v) is 7.05. The van der Waals surface area contributed by atoms with E-state index in [-0.39, 0.29) is 0 Å². The summed E-state index contributed by atoms with van der Waals surface area (Å²) in [7, 11) is 1.78.